The molecule has 1 heterocycles. The Morgan fingerprint density at radius 1 is 1.41 bits per heavy atom. The molecule has 1 saturated heterocycles. The molecule has 1 aliphatic rings. The maximum absolute atomic E-state index is 11.7. The van der Waals surface area contributed by atoms with E-state index in [0.29, 0.717) is 24.2 Å². The number of esters is 1. The highest BCUT2D eigenvalue weighted by Gasteiger charge is 2.28. The topological polar surface area (TPSA) is 63.7 Å². The van der Waals surface area contributed by atoms with E-state index >= 15 is 0 Å². The number of rotatable bonds is 2. The van der Waals surface area contributed by atoms with Crippen molar-refractivity contribution < 1.29 is 17.9 Å². The quantitative estimate of drug-likeness (QED) is 0.740. The summed E-state index contributed by atoms with van der Waals surface area (Å²) in [5.41, 5.74) is 0.873. The number of benzene rings is 1. The first-order valence-corrected chi connectivity index (χ1v) is 6.84. The van der Waals surface area contributed by atoms with Crippen LogP contribution < -0.4 is 4.31 Å². The first kappa shape index (κ1) is 11.9. The van der Waals surface area contributed by atoms with Crippen LogP contribution in [0.25, 0.3) is 0 Å². The lowest BCUT2D eigenvalue weighted by molar-refractivity contribution is 0.0601. The highest BCUT2D eigenvalue weighted by atomic mass is 32.2. The summed E-state index contributed by atoms with van der Waals surface area (Å²) in [5.74, 6) is -0.307. The average molecular weight is 255 g/mol. The van der Waals surface area contributed by atoms with E-state index in [2.05, 4.69) is 4.74 Å². The molecule has 0 amide bonds. The lowest BCUT2D eigenvalue weighted by Gasteiger charge is -2.17. The van der Waals surface area contributed by atoms with Crippen LogP contribution >= 0.6 is 0 Å². The van der Waals surface area contributed by atoms with E-state index < -0.39 is 16.0 Å². The predicted molar refractivity (Wildman–Crippen MR) is 63.5 cm³/mol. The van der Waals surface area contributed by atoms with Crippen LogP contribution in [0.15, 0.2) is 24.3 Å². The lowest BCUT2D eigenvalue weighted by Crippen LogP contribution is -2.25. The van der Waals surface area contributed by atoms with Crippen LogP contribution in [0.4, 0.5) is 5.69 Å². The lowest BCUT2D eigenvalue weighted by atomic mass is 10.2. The van der Waals surface area contributed by atoms with Crippen LogP contribution in [0.2, 0.25) is 0 Å². The second-order valence-corrected chi connectivity index (χ2v) is 5.80. The molecular formula is C11H13NO4S. The molecule has 1 aliphatic heterocycles. The zero-order valence-corrected chi connectivity index (χ0v) is 10.2. The van der Waals surface area contributed by atoms with Gasteiger partial charge in [-0.3, -0.25) is 4.31 Å². The second kappa shape index (κ2) is 4.37. The number of ether oxygens (including phenoxy) is 1. The van der Waals surface area contributed by atoms with Gasteiger partial charge in [-0.25, -0.2) is 13.2 Å². The number of carbonyl (C=O) groups is 1. The molecule has 92 valence electrons. The molecule has 5 nitrogen and oxygen atoms in total. The van der Waals surface area contributed by atoms with Crippen LogP contribution in [0, 0.1) is 0 Å². The number of anilines is 1. The molecule has 0 aromatic heterocycles. The van der Waals surface area contributed by atoms with Crippen molar-refractivity contribution in [2.75, 3.05) is 23.7 Å². The van der Waals surface area contributed by atoms with Crippen molar-refractivity contribution in [3.8, 4) is 0 Å². The van der Waals surface area contributed by atoms with E-state index in [-0.39, 0.29) is 5.75 Å². The monoisotopic (exact) mass is 255 g/mol. The summed E-state index contributed by atoms with van der Waals surface area (Å²) in [6, 6.07) is 6.46. The van der Waals surface area contributed by atoms with Crippen molar-refractivity contribution >= 4 is 21.7 Å². The fourth-order valence-corrected chi connectivity index (χ4v) is 3.39. The third kappa shape index (κ3) is 2.26. The summed E-state index contributed by atoms with van der Waals surface area (Å²) in [6.07, 6.45) is 0.616. The minimum absolute atomic E-state index is 0.162. The Morgan fingerprint density at radius 2 is 2.18 bits per heavy atom. The number of methoxy groups -OCH3 is 1. The summed E-state index contributed by atoms with van der Waals surface area (Å²) in [4.78, 5) is 11.4. The van der Waals surface area contributed by atoms with Gasteiger partial charge in [0.05, 0.1) is 24.1 Å². The molecular weight excluding hydrogens is 242 g/mol. The summed E-state index contributed by atoms with van der Waals surface area (Å²) >= 11 is 0. The Labute approximate surface area is 100 Å². The number of sulfonamides is 1. The van der Waals surface area contributed by atoms with Gasteiger partial charge in [-0.15, -0.1) is 0 Å². The smallest absolute Gasteiger partial charge is 0.337 e. The normalized spacial score (nSPS) is 18.1. The van der Waals surface area contributed by atoms with Crippen LogP contribution in [0.5, 0.6) is 0 Å². The van der Waals surface area contributed by atoms with Crippen LogP contribution in [-0.4, -0.2) is 33.8 Å². The van der Waals surface area contributed by atoms with Gasteiger partial charge in [-0.2, -0.15) is 0 Å². The van der Waals surface area contributed by atoms with Crippen LogP contribution in [0.3, 0.4) is 0 Å². The molecule has 1 fully saturated rings. The second-order valence-electron chi connectivity index (χ2n) is 3.78. The maximum Gasteiger partial charge on any atom is 0.337 e. The number of carbonyl (C=O) groups excluding carboxylic acids is 1. The molecule has 0 spiro atoms. The van der Waals surface area contributed by atoms with Crippen molar-refractivity contribution in [3.63, 3.8) is 0 Å². The van der Waals surface area contributed by atoms with Crippen LogP contribution in [-0.2, 0) is 14.8 Å². The van der Waals surface area contributed by atoms with Gasteiger partial charge in [-0.05, 0) is 24.6 Å². The van der Waals surface area contributed by atoms with Gasteiger partial charge in [0.15, 0.2) is 0 Å². The van der Waals surface area contributed by atoms with Gasteiger partial charge in [0, 0.05) is 6.54 Å². The molecule has 0 bridgehead atoms. The summed E-state index contributed by atoms with van der Waals surface area (Å²) in [7, 11) is -1.91. The third-order valence-corrected chi connectivity index (χ3v) is 4.52. The molecule has 0 saturated carbocycles. The Balaban J connectivity index is 2.37. The molecule has 0 aliphatic carbocycles. The number of hydrogen-bond acceptors (Lipinski definition) is 4. The summed E-state index contributed by atoms with van der Waals surface area (Å²) in [5, 5.41) is 0. The van der Waals surface area contributed by atoms with Crippen molar-refractivity contribution in [2.24, 2.45) is 0 Å². The predicted octanol–water partition coefficient (Wildman–Crippen LogP) is 1.01. The molecule has 0 N–H and O–H groups in total. The first-order chi connectivity index (χ1) is 8.04. The molecule has 0 radical (unpaired) electrons. The van der Waals surface area contributed by atoms with Crippen molar-refractivity contribution in [2.45, 2.75) is 6.42 Å². The zero-order valence-electron chi connectivity index (χ0n) is 9.42. The highest BCUT2D eigenvalue weighted by molar-refractivity contribution is 7.93. The van der Waals surface area contributed by atoms with E-state index in [1.165, 1.54) is 17.5 Å². The van der Waals surface area contributed by atoms with E-state index in [1.54, 1.807) is 18.2 Å². The molecule has 0 unspecified atom stereocenters. The molecule has 1 aromatic rings. The molecule has 0 atom stereocenters. The van der Waals surface area contributed by atoms with Gasteiger partial charge in [0.2, 0.25) is 10.0 Å². The Morgan fingerprint density at radius 3 is 2.76 bits per heavy atom. The third-order valence-electron chi connectivity index (χ3n) is 2.65. The number of hydrogen-bond donors (Lipinski definition) is 0. The molecule has 6 heteroatoms. The van der Waals surface area contributed by atoms with Gasteiger partial charge >= 0.3 is 5.97 Å². The SMILES string of the molecule is COC(=O)c1cccc(N2CCCS2(=O)=O)c1. The molecule has 1 aromatic carbocycles. The van der Waals surface area contributed by atoms with Crippen molar-refractivity contribution in [3.05, 3.63) is 29.8 Å². The van der Waals surface area contributed by atoms with Crippen molar-refractivity contribution in [1.29, 1.82) is 0 Å². The fraction of sp³-hybridized carbons (Fsp3) is 0.364. The van der Waals surface area contributed by atoms with Crippen LogP contribution in [0.1, 0.15) is 16.8 Å². The number of nitrogens with zero attached hydrogens (tertiary/aromatic N) is 1. The largest absolute Gasteiger partial charge is 0.465 e. The van der Waals surface area contributed by atoms with E-state index in [0.717, 1.165) is 0 Å². The van der Waals surface area contributed by atoms with Crippen molar-refractivity contribution in [1.82, 2.24) is 0 Å². The highest BCUT2D eigenvalue weighted by Crippen LogP contribution is 2.24. The minimum Gasteiger partial charge on any atom is -0.465 e. The fourth-order valence-electron chi connectivity index (χ4n) is 1.84. The standard InChI is InChI=1S/C11H13NO4S/c1-16-11(13)9-4-2-5-10(8-9)12-6-3-7-17(12,14)15/h2,4-5,8H,3,6-7H2,1H3. The van der Waals surface area contributed by atoms with E-state index in [9.17, 15) is 13.2 Å². The maximum atomic E-state index is 11.7. The average Bonchev–Trinajstić information content (AvgIpc) is 2.68. The van der Waals surface area contributed by atoms with E-state index in [4.69, 9.17) is 0 Å². The zero-order chi connectivity index (χ0) is 12.5. The van der Waals surface area contributed by atoms with Gasteiger partial charge in [0.1, 0.15) is 0 Å². The summed E-state index contributed by atoms with van der Waals surface area (Å²) in [6.45, 7) is 0.465. The summed E-state index contributed by atoms with van der Waals surface area (Å²) < 4.78 is 29.4. The Hall–Kier alpha value is -1.56. The van der Waals surface area contributed by atoms with E-state index in [1.807, 2.05) is 0 Å². The van der Waals surface area contributed by atoms with Gasteiger partial charge in [0.25, 0.3) is 0 Å². The Bertz CT molecular complexity index is 538. The van der Waals surface area contributed by atoms with Gasteiger partial charge < -0.3 is 4.74 Å². The first-order valence-electron chi connectivity index (χ1n) is 5.23. The van der Waals surface area contributed by atoms with Gasteiger partial charge in [-0.1, -0.05) is 6.07 Å². The molecule has 2 rings (SSSR count). The molecule has 17 heavy (non-hydrogen) atoms. The Kier molecular flexibility index (Phi) is 3.06. The minimum atomic E-state index is -3.21.